The van der Waals surface area contributed by atoms with Crippen molar-refractivity contribution in [1.82, 2.24) is 4.72 Å². The summed E-state index contributed by atoms with van der Waals surface area (Å²) in [5, 5.41) is 10.8. The minimum absolute atomic E-state index is 0.0771. The van der Waals surface area contributed by atoms with Gasteiger partial charge in [-0.3, -0.25) is 10.1 Å². The van der Waals surface area contributed by atoms with Crippen molar-refractivity contribution in [3.63, 3.8) is 0 Å². The fourth-order valence-corrected chi connectivity index (χ4v) is 3.94. The van der Waals surface area contributed by atoms with E-state index in [-0.39, 0.29) is 16.0 Å². The Labute approximate surface area is 129 Å². The highest BCUT2D eigenvalue weighted by Gasteiger charge is 2.25. The summed E-state index contributed by atoms with van der Waals surface area (Å²) in [6, 6.07) is 2.04. The van der Waals surface area contributed by atoms with E-state index in [1.807, 2.05) is 13.8 Å². The van der Waals surface area contributed by atoms with Crippen molar-refractivity contribution in [3.8, 4) is 0 Å². The lowest BCUT2D eigenvalue weighted by Crippen LogP contribution is -2.34. The molecule has 0 saturated carbocycles. The Morgan fingerprint density at radius 2 is 1.90 bits per heavy atom. The summed E-state index contributed by atoms with van der Waals surface area (Å²) in [5.41, 5.74) is -0.0472. The van der Waals surface area contributed by atoms with E-state index in [0.29, 0.717) is 17.9 Å². The van der Waals surface area contributed by atoms with E-state index in [1.165, 1.54) is 6.07 Å². The number of rotatable bonds is 6. The van der Waals surface area contributed by atoms with Gasteiger partial charge in [0.1, 0.15) is 5.02 Å². The van der Waals surface area contributed by atoms with Gasteiger partial charge >= 0.3 is 0 Å². The lowest BCUT2D eigenvalue weighted by Gasteiger charge is -2.17. The van der Waals surface area contributed by atoms with Gasteiger partial charge in [-0.1, -0.05) is 25.4 Å². The minimum Gasteiger partial charge on any atom is -0.258 e. The molecule has 8 heteroatoms. The zero-order chi connectivity index (χ0) is 16.4. The van der Waals surface area contributed by atoms with Crippen LogP contribution < -0.4 is 4.72 Å². The lowest BCUT2D eigenvalue weighted by atomic mass is 10.1. The molecule has 0 fully saturated rings. The molecule has 21 heavy (non-hydrogen) atoms. The molecule has 1 aromatic carbocycles. The summed E-state index contributed by atoms with van der Waals surface area (Å²) in [6.45, 7) is 7.29. The average molecular weight is 335 g/mol. The van der Waals surface area contributed by atoms with Gasteiger partial charge in [0, 0.05) is 12.1 Å². The van der Waals surface area contributed by atoms with Crippen LogP contribution in [0.25, 0.3) is 0 Å². The Bertz CT molecular complexity index is 644. The second kappa shape index (κ2) is 6.72. The first kappa shape index (κ1) is 17.9. The van der Waals surface area contributed by atoms with Crippen LogP contribution in [0.3, 0.4) is 0 Å². The van der Waals surface area contributed by atoms with E-state index in [1.54, 1.807) is 13.8 Å². The first-order valence-electron chi connectivity index (χ1n) is 6.51. The van der Waals surface area contributed by atoms with E-state index >= 15 is 0 Å². The summed E-state index contributed by atoms with van der Waals surface area (Å²) >= 11 is 5.76. The van der Waals surface area contributed by atoms with Crippen molar-refractivity contribution in [1.29, 1.82) is 0 Å². The number of benzene rings is 1. The molecule has 1 rings (SSSR count). The average Bonchev–Trinajstić information content (AvgIpc) is 2.25. The van der Waals surface area contributed by atoms with Crippen LogP contribution in [-0.4, -0.2) is 19.4 Å². The van der Waals surface area contributed by atoms with E-state index < -0.39 is 20.6 Å². The summed E-state index contributed by atoms with van der Waals surface area (Å²) in [5.74, 6) is 0.336. The molecule has 1 N–H and O–H groups in total. The van der Waals surface area contributed by atoms with Crippen LogP contribution in [-0.2, 0) is 10.0 Å². The van der Waals surface area contributed by atoms with E-state index in [2.05, 4.69) is 4.72 Å². The molecule has 0 aliphatic heterocycles. The zero-order valence-electron chi connectivity index (χ0n) is 12.4. The monoisotopic (exact) mass is 334 g/mol. The molecule has 1 aromatic rings. The number of sulfonamides is 1. The van der Waals surface area contributed by atoms with Crippen molar-refractivity contribution in [2.75, 3.05) is 0 Å². The van der Waals surface area contributed by atoms with Crippen molar-refractivity contribution in [2.24, 2.45) is 5.92 Å². The van der Waals surface area contributed by atoms with Crippen LogP contribution in [0, 0.1) is 23.0 Å². The molecule has 0 heterocycles. The maximum atomic E-state index is 12.4. The Morgan fingerprint density at radius 1 is 1.33 bits per heavy atom. The maximum absolute atomic E-state index is 12.4. The highest BCUT2D eigenvalue weighted by molar-refractivity contribution is 7.89. The topological polar surface area (TPSA) is 89.3 Å². The molecule has 0 spiro atoms. The number of nitro groups is 1. The van der Waals surface area contributed by atoms with Crippen LogP contribution in [0.1, 0.15) is 32.8 Å². The van der Waals surface area contributed by atoms with Gasteiger partial charge in [-0.25, -0.2) is 13.1 Å². The summed E-state index contributed by atoms with van der Waals surface area (Å²) in [6.07, 6.45) is 0.675. The quantitative estimate of drug-likeness (QED) is 0.638. The molecule has 0 aliphatic carbocycles. The first-order valence-corrected chi connectivity index (χ1v) is 8.37. The largest absolute Gasteiger partial charge is 0.289 e. The molecule has 0 aromatic heterocycles. The van der Waals surface area contributed by atoms with E-state index in [4.69, 9.17) is 11.6 Å². The summed E-state index contributed by atoms with van der Waals surface area (Å²) < 4.78 is 27.2. The van der Waals surface area contributed by atoms with Crippen molar-refractivity contribution in [2.45, 2.75) is 45.1 Å². The second-order valence-electron chi connectivity index (χ2n) is 5.48. The number of hydrogen-bond donors (Lipinski definition) is 1. The Hall–Kier alpha value is -1.18. The minimum atomic E-state index is -3.82. The van der Waals surface area contributed by atoms with Gasteiger partial charge in [-0.15, -0.1) is 0 Å². The first-order chi connectivity index (χ1) is 9.54. The Balaban J connectivity index is 3.19. The third kappa shape index (κ3) is 4.66. The van der Waals surface area contributed by atoms with Gasteiger partial charge in [-0.2, -0.15) is 0 Å². The van der Waals surface area contributed by atoms with Gasteiger partial charge in [0.25, 0.3) is 5.69 Å². The highest BCUT2D eigenvalue weighted by Crippen LogP contribution is 2.30. The molecule has 0 saturated heterocycles. The smallest absolute Gasteiger partial charge is 0.258 e. The van der Waals surface area contributed by atoms with Crippen molar-refractivity contribution in [3.05, 3.63) is 32.8 Å². The molecular formula is C13H19ClN2O4S. The van der Waals surface area contributed by atoms with Crippen LogP contribution in [0.2, 0.25) is 5.02 Å². The summed E-state index contributed by atoms with van der Waals surface area (Å²) in [4.78, 5) is 10.1. The molecule has 0 bridgehead atoms. The normalized spacial score (nSPS) is 13.4. The fraction of sp³-hybridized carbons (Fsp3) is 0.538. The van der Waals surface area contributed by atoms with Gasteiger partial charge in [-0.05, 0) is 37.8 Å². The predicted molar refractivity (Wildman–Crippen MR) is 82.1 cm³/mol. The van der Waals surface area contributed by atoms with Gasteiger partial charge < -0.3 is 0 Å². The van der Waals surface area contributed by atoms with E-state index in [9.17, 15) is 18.5 Å². The third-order valence-corrected chi connectivity index (χ3v) is 4.95. The molecule has 1 unspecified atom stereocenters. The molecule has 1 atom stereocenters. The van der Waals surface area contributed by atoms with Crippen LogP contribution >= 0.6 is 11.6 Å². The molecule has 6 nitrogen and oxygen atoms in total. The van der Waals surface area contributed by atoms with Crippen LogP contribution in [0.4, 0.5) is 5.69 Å². The van der Waals surface area contributed by atoms with Crippen LogP contribution in [0.15, 0.2) is 17.0 Å². The standard InChI is InChI=1S/C13H19ClN2O4S/c1-8(2)5-10(4)15-21(19,20)13-7-12(16(17)18)11(14)6-9(13)3/h6-8,10,15H,5H2,1-4H3. The zero-order valence-corrected chi connectivity index (χ0v) is 14.0. The molecular weight excluding hydrogens is 316 g/mol. The van der Waals surface area contributed by atoms with Crippen molar-refractivity contribution < 1.29 is 13.3 Å². The summed E-state index contributed by atoms with van der Waals surface area (Å²) in [7, 11) is -3.82. The van der Waals surface area contributed by atoms with E-state index in [0.717, 1.165) is 6.07 Å². The predicted octanol–water partition coefficient (Wildman–Crippen LogP) is 3.27. The third-order valence-electron chi connectivity index (χ3n) is 2.91. The van der Waals surface area contributed by atoms with Gasteiger partial charge in [0.05, 0.1) is 9.82 Å². The lowest BCUT2D eigenvalue weighted by molar-refractivity contribution is -0.384. The molecule has 0 amide bonds. The molecule has 118 valence electrons. The number of nitrogens with one attached hydrogen (secondary N) is 1. The number of nitro benzene ring substituents is 1. The highest BCUT2D eigenvalue weighted by atomic mass is 35.5. The number of hydrogen-bond acceptors (Lipinski definition) is 4. The fourth-order valence-electron chi connectivity index (χ4n) is 2.16. The molecule has 0 radical (unpaired) electrons. The second-order valence-corrected chi connectivity index (χ2v) is 7.57. The maximum Gasteiger partial charge on any atom is 0.289 e. The number of halogens is 1. The number of aryl methyl sites for hydroxylation is 1. The van der Waals surface area contributed by atoms with Crippen LogP contribution in [0.5, 0.6) is 0 Å². The Morgan fingerprint density at radius 3 is 2.38 bits per heavy atom. The number of nitrogens with zero attached hydrogens (tertiary/aromatic N) is 1. The van der Waals surface area contributed by atoms with Gasteiger partial charge in [0.2, 0.25) is 10.0 Å². The van der Waals surface area contributed by atoms with Gasteiger partial charge in [0.15, 0.2) is 0 Å². The van der Waals surface area contributed by atoms with Crippen molar-refractivity contribution >= 4 is 27.3 Å². The molecule has 0 aliphatic rings. The Kier molecular flexibility index (Phi) is 5.72. The SMILES string of the molecule is Cc1cc(Cl)c([N+](=O)[O-])cc1S(=O)(=O)NC(C)CC(C)C.